The molecule has 3 nitrogen and oxygen atoms in total. The Morgan fingerprint density at radius 2 is 2.05 bits per heavy atom. The summed E-state index contributed by atoms with van der Waals surface area (Å²) in [5.41, 5.74) is 2.58. The van der Waals surface area contributed by atoms with Crippen molar-refractivity contribution in [2.45, 2.75) is 44.0 Å². The highest BCUT2D eigenvalue weighted by atomic mass is 35.5. The van der Waals surface area contributed by atoms with Crippen LogP contribution in [-0.4, -0.2) is 14.7 Å². The van der Waals surface area contributed by atoms with Crippen molar-refractivity contribution < 1.29 is 0 Å². The maximum absolute atomic E-state index is 6.48. The molecule has 5 heteroatoms. The molecule has 0 bridgehead atoms. The molecular formula is C15H18ClN3S. The minimum Gasteiger partial charge on any atom is -0.352 e. The van der Waals surface area contributed by atoms with E-state index >= 15 is 0 Å². The van der Waals surface area contributed by atoms with Gasteiger partial charge in [0.1, 0.15) is 5.82 Å². The second kappa shape index (κ2) is 5.01. The van der Waals surface area contributed by atoms with E-state index < -0.39 is 0 Å². The van der Waals surface area contributed by atoms with Crippen molar-refractivity contribution in [2.75, 3.05) is 5.32 Å². The van der Waals surface area contributed by atoms with Crippen LogP contribution in [0, 0.1) is 0 Å². The van der Waals surface area contributed by atoms with Crippen LogP contribution in [-0.2, 0) is 11.8 Å². The third kappa shape index (κ3) is 2.54. The number of halogens is 1. The smallest absolute Gasteiger partial charge is 0.203 e. The van der Waals surface area contributed by atoms with Crippen molar-refractivity contribution in [3.63, 3.8) is 0 Å². The summed E-state index contributed by atoms with van der Waals surface area (Å²) in [6.07, 6.45) is 0.903. The van der Waals surface area contributed by atoms with Crippen molar-refractivity contribution >= 4 is 28.3 Å². The number of hydrogen-bond donors (Lipinski definition) is 1. The van der Waals surface area contributed by atoms with Crippen LogP contribution in [0.3, 0.4) is 0 Å². The fraction of sp³-hybridized carbons (Fsp3) is 0.467. The molecule has 2 unspecified atom stereocenters. The number of aromatic nitrogens is 2. The van der Waals surface area contributed by atoms with E-state index in [9.17, 15) is 0 Å². The molecule has 2 atom stereocenters. The zero-order chi connectivity index (χ0) is 14.3. The largest absolute Gasteiger partial charge is 0.352 e. The van der Waals surface area contributed by atoms with Crippen LogP contribution in [0.25, 0.3) is 0 Å². The first-order valence-electron chi connectivity index (χ1n) is 6.78. The minimum atomic E-state index is -0.0234. The van der Waals surface area contributed by atoms with E-state index in [0.717, 1.165) is 17.4 Å². The number of alkyl halides is 1. The number of rotatable bonds is 2. The quantitative estimate of drug-likeness (QED) is 0.847. The van der Waals surface area contributed by atoms with Gasteiger partial charge in [-0.3, -0.25) is 0 Å². The Morgan fingerprint density at radius 3 is 2.75 bits per heavy atom. The molecule has 0 radical (unpaired) electrons. The predicted octanol–water partition coefficient (Wildman–Crippen LogP) is 4.15. The molecule has 1 aromatic heterocycles. The average Bonchev–Trinajstić information content (AvgIpc) is 2.95. The van der Waals surface area contributed by atoms with E-state index in [-0.39, 0.29) is 16.8 Å². The molecule has 0 fully saturated rings. The monoisotopic (exact) mass is 307 g/mol. The third-order valence-electron chi connectivity index (χ3n) is 3.54. The lowest BCUT2D eigenvalue weighted by Crippen LogP contribution is -2.17. The molecule has 0 spiro atoms. The van der Waals surface area contributed by atoms with Crippen LogP contribution >= 0.6 is 23.1 Å². The van der Waals surface area contributed by atoms with Crippen LogP contribution in [0.2, 0.25) is 0 Å². The molecule has 0 saturated heterocycles. The van der Waals surface area contributed by atoms with Gasteiger partial charge in [-0.05, 0) is 17.5 Å². The van der Waals surface area contributed by atoms with Crippen LogP contribution < -0.4 is 5.32 Å². The van der Waals surface area contributed by atoms with Gasteiger partial charge in [0.25, 0.3) is 0 Å². The highest BCUT2D eigenvalue weighted by Crippen LogP contribution is 2.37. The molecule has 2 aromatic rings. The SMILES string of the molecule is CC(C)(C)c1nsc(NC2c3ccccc3CC2Cl)n1. The van der Waals surface area contributed by atoms with E-state index in [4.69, 9.17) is 11.6 Å². The lowest BCUT2D eigenvalue weighted by atomic mass is 9.96. The lowest BCUT2D eigenvalue weighted by molar-refractivity contribution is 0.555. The standard InChI is InChI=1S/C15H18ClN3S/c1-15(2,3)13-18-14(20-19-13)17-12-10-7-5-4-6-9(10)8-11(12)16/h4-7,11-12H,8H2,1-3H3,(H,17,18,19). The zero-order valence-electron chi connectivity index (χ0n) is 11.9. The van der Waals surface area contributed by atoms with Gasteiger partial charge in [0, 0.05) is 16.9 Å². The summed E-state index contributed by atoms with van der Waals surface area (Å²) in [5.74, 6) is 0.877. The minimum absolute atomic E-state index is 0.0234. The van der Waals surface area contributed by atoms with Crippen LogP contribution in [0.4, 0.5) is 5.13 Å². The van der Waals surface area contributed by atoms with Gasteiger partial charge >= 0.3 is 0 Å². The van der Waals surface area contributed by atoms with Crippen molar-refractivity contribution in [3.8, 4) is 0 Å². The van der Waals surface area contributed by atoms with E-state index in [0.29, 0.717) is 0 Å². The molecule has 20 heavy (non-hydrogen) atoms. The van der Waals surface area contributed by atoms with E-state index in [1.54, 1.807) is 0 Å². The summed E-state index contributed by atoms with van der Waals surface area (Å²) in [5, 5.41) is 4.37. The summed E-state index contributed by atoms with van der Waals surface area (Å²) < 4.78 is 4.44. The average molecular weight is 308 g/mol. The molecule has 0 aliphatic heterocycles. The fourth-order valence-corrected chi connectivity index (χ4v) is 3.59. The molecule has 1 heterocycles. The Labute approximate surface area is 128 Å². The number of hydrogen-bond acceptors (Lipinski definition) is 4. The molecule has 1 aliphatic rings. The Balaban J connectivity index is 1.83. The van der Waals surface area contributed by atoms with Crippen molar-refractivity contribution in [3.05, 3.63) is 41.2 Å². The first kappa shape index (κ1) is 13.8. The van der Waals surface area contributed by atoms with E-state index in [1.165, 1.54) is 22.7 Å². The summed E-state index contributed by atoms with van der Waals surface area (Å²) in [7, 11) is 0. The normalized spacial score (nSPS) is 21.8. The predicted molar refractivity (Wildman–Crippen MR) is 84.8 cm³/mol. The fourth-order valence-electron chi connectivity index (χ4n) is 2.43. The molecule has 0 amide bonds. The van der Waals surface area contributed by atoms with Crippen molar-refractivity contribution in [1.29, 1.82) is 0 Å². The van der Waals surface area contributed by atoms with Crippen molar-refractivity contribution in [1.82, 2.24) is 9.36 Å². The highest BCUT2D eigenvalue weighted by molar-refractivity contribution is 7.09. The number of nitrogens with zero attached hydrogens (tertiary/aromatic N) is 2. The molecule has 1 aliphatic carbocycles. The topological polar surface area (TPSA) is 37.8 Å². The van der Waals surface area contributed by atoms with E-state index in [1.807, 2.05) is 0 Å². The van der Waals surface area contributed by atoms with Gasteiger partial charge in [0.05, 0.1) is 11.4 Å². The van der Waals surface area contributed by atoms with Crippen LogP contribution in [0.15, 0.2) is 24.3 Å². The first-order valence-corrected chi connectivity index (χ1v) is 7.99. The maximum Gasteiger partial charge on any atom is 0.203 e. The van der Waals surface area contributed by atoms with Gasteiger partial charge in [0.15, 0.2) is 0 Å². The third-order valence-corrected chi connectivity index (χ3v) is 4.60. The Bertz CT molecular complexity index is 618. The van der Waals surface area contributed by atoms with E-state index in [2.05, 4.69) is 59.7 Å². The van der Waals surface area contributed by atoms with Gasteiger partial charge < -0.3 is 5.32 Å². The molecule has 106 valence electrons. The number of fused-ring (bicyclic) bond motifs is 1. The molecule has 1 aromatic carbocycles. The van der Waals surface area contributed by atoms with Crippen LogP contribution in [0.5, 0.6) is 0 Å². The Hall–Kier alpha value is -1.13. The van der Waals surface area contributed by atoms with Crippen molar-refractivity contribution in [2.24, 2.45) is 0 Å². The second-order valence-corrected chi connectivity index (χ2v) is 7.53. The molecule has 3 rings (SSSR count). The highest BCUT2D eigenvalue weighted by Gasteiger charge is 2.31. The Kier molecular flexibility index (Phi) is 3.46. The zero-order valence-corrected chi connectivity index (χ0v) is 13.4. The van der Waals surface area contributed by atoms with Crippen LogP contribution in [0.1, 0.15) is 43.8 Å². The molecule has 1 N–H and O–H groups in total. The summed E-state index contributed by atoms with van der Waals surface area (Å²) in [4.78, 5) is 4.59. The number of nitrogens with one attached hydrogen (secondary N) is 1. The summed E-state index contributed by atoms with van der Waals surface area (Å²) >= 11 is 7.89. The van der Waals surface area contributed by atoms with Gasteiger partial charge in [-0.1, -0.05) is 45.0 Å². The molecular weight excluding hydrogens is 290 g/mol. The second-order valence-electron chi connectivity index (χ2n) is 6.21. The number of anilines is 1. The Morgan fingerprint density at radius 1 is 1.30 bits per heavy atom. The summed E-state index contributed by atoms with van der Waals surface area (Å²) in [6, 6.07) is 8.53. The molecule has 0 saturated carbocycles. The first-order chi connectivity index (χ1) is 9.45. The van der Waals surface area contributed by atoms with Gasteiger partial charge in [-0.2, -0.15) is 4.37 Å². The van der Waals surface area contributed by atoms with Gasteiger partial charge in [-0.25, -0.2) is 4.98 Å². The summed E-state index contributed by atoms with van der Waals surface area (Å²) in [6.45, 7) is 6.36. The van der Waals surface area contributed by atoms with Gasteiger partial charge in [0.2, 0.25) is 5.13 Å². The maximum atomic E-state index is 6.48. The number of benzene rings is 1. The lowest BCUT2D eigenvalue weighted by Gasteiger charge is -2.16. The van der Waals surface area contributed by atoms with Gasteiger partial charge in [-0.15, -0.1) is 11.6 Å².